The summed E-state index contributed by atoms with van der Waals surface area (Å²) in [6.07, 6.45) is 79.7. The first-order valence-electron chi connectivity index (χ1n) is 32.3. The monoisotopic (exact) mass is 1030 g/mol. The van der Waals surface area contributed by atoms with Crippen molar-refractivity contribution in [1.29, 1.82) is 0 Å². The molecule has 430 valence electrons. The second-order valence-corrected chi connectivity index (χ2v) is 21.7. The highest BCUT2D eigenvalue weighted by atomic mass is 16.6. The van der Waals surface area contributed by atoms with E-state index in [0.717, 1.165) is 89.9 Å². The number of carbonyl (C=O) groups is 3. The number of hydrogen-bond acceptors (Lipinski definition) is 6. The third-order valence-electron chi connectivity index (χ3n) is 14.3. The maximum atomic E-state index is 12.8. The van der Waals surface area contributed by atoms with Gasteiger partial charge in [0.1, 0.15) is 13.2 Å². The third kappa shape index (κ3) is 60.0. The molecule has 6 heteroatoms. The van der Waals surface area contributed by atoms with E-state index in [9.17, 15) is 14.4 Å². The normalized spacial score (nSPS) is 12.4. The molecule has 6 nitrogen and oxygen atoms in total. The van der Waals surface area contributed by atoms with Crippen LogP contribution in [0.4, 0.5) is 0 Å². The maximum absolute atomic E-state index is 12.8. The second-order valence-electron chi connectivity index (χ2n) is 21.7. The van der Waals surface area contributed by atoms with Crippen LogP contribution in [-0.4, -0.2) is 37.2 Å². The van der Waals surface area contributed by atoms with E-state index in [4.69, 9.17) is 14.2 Å². The Morgan fingerprint density at radius 1 is 0.284 bits per heavy atom. The van der Waals surface area contributed by atoms with Gasteiger partial charge in [-0.05, 0) is 64.2 Å². The number of ether oxygens (including phenoxy) is 3. The molecule has 0 rings (SSSR count). The number of unbranched alkanes of at least 4 members (excludes halogenated alkanes) is 38. The fourth-order valence-corrected chi connectivity index (χ4v) is 9.47. The van der Waals surface area contributed by atoms with Gasteiger partial charge in [-0.3, -0.25) is 14.4 Å². The van der Waals surface area contributed by atoms with Gasteiger partial charge in [-0.2, -0.15) is 0 Å². The van der Waals surface area contributed by atoms with Gasteiger partial charge in [-0.15, -0.1) is 0 Å². The van der Waals surface area contributed by atoms with Gasteiger partial charge in [0, 0.05) is 19.3 Å². The summed E-state index contributed by atoms with van der Waals surface area (Å²) in [5.41, 5.74) is 0. The van der Waals surface area contributed by atoms with Crippen molar-refractivity contribution in [2.45, 2.75) is 341 Å². The number of esters is 3. The molecule has 0 bridgehead atoms. The molecule has 0 aliphatic heterocycles. The number of rotatable bonds is 59. The molecular formula is C68H122O6. The third-order valence-corrected chi connectivity index (χ3v) is 14.3. The largest absolute Gasteiger partial charge is 0.462 e. The van der Waals surface area contributed by atoms with Crippen molar-refractivity contribution in [3.8, 4) is 0 Å². The smallest absolute Gasteiger partial charge is 0.306 e. The molecule has 0 saturated heterocycles. The van der Waals surface area contributed by atoms with Crippen LogP contribution in [-0.2, 0) is 28.6 Å². The van der Waals surface area contributed by atoms with E-state index in [1.807, 2.05) is 0 Å². The zero-order valence-electron chi connectivity index (χ0n) is 49.4. The van der Waals surface area contributed by atoms with Crippen LogP contribution in [0.5, 0.6) is 0 Å². The first-order valence-corrected chi connectivity index (χ1v) is 32.3. The van der Waals surface area contributed by atoms with Gasteiger partial charge in [0.25, 0.3) is 0 Å². The van der Waals surface area contributed by atoms with Crippen LogP contribution < -0.4 is 0 Å². The van der Waals surface area contributed by atoms with E-state index in [0.29, 0.717) is 19.3 Å². The van der Waals surface area contributed by atoms with Crippen LogP contribution in [0.1, 0.15) is 335 Å². The second kappa shape index (κ2) is 62.6. The molecule has 1 unspecified atom stereocenters. The highest BCUT2D eigenvalue weighted by molar-refractivity contribution is 5.71. The maximum Gasteiger partial charge on any atom is 0.306 e. The van der Waals surface area contributed by atoms with Gasteiger partial charge in [0.05, 0.1) is 0 Å². The van der Waals surface area contributed by atoms with E-state index in [1.54, 1.807) is 0 Å². The molecule has 0 radical (unpaired) electrons. The minimum absolute atomic E-state index is 0.0671. The zero-order valence-corrected chi connectivity index (χ0v) is 49.4. The van der Waals surface area contributed by atoms with Crippen LogP contribution in [0.2, 0.25) is 0 Å². The van der Waals surface area contributed by atoms with E-state index in [1.165, 1.54) is 205 Å². The molecule has 0 aliphatic rings. The topological polar surface area (TPSA) is 78.9 Å². The van der Waals surface area contributed by atoms with Crippen molar-refractivity contribution >= 4 is 17.9 Å². The van der Waals surface area contributed by atoms with Gasteiger partial charge in [-0.25, -0.2) is 0 Å². The zero-order chi connectivity index (χ0) is 53.6. The van der Waals surface area contributed by atoms with Gasteiger partial charge < -0.3 is 14.2 Å². The summed E-state index contributed by atoms with van der Waals surface area (Å²) in [6, 6.07) is 0. The Balaban J connectivity index is 4.03. The van der Waals surface area contributed by atoms with Crippen molar-refractivity contribution in [3.05, 3.63) is 60.8 Å². The molecule has 0 amide bonds. The first-order chi connectivity index (χ1) is 36.5. The van der Waals surface area contributed by atoms with Crippen LogP contribution >= 0.6 is 0 Å². The molecule has 0 aromatic carbocycles. The van der Waals surface area contributed by atoms with E-state index in [2.05, 4.69) is 81.5 Å². The van der Waals surface area contributed by atoms with Crippen LogP contribution in [0.15, 0.2) is 60.8 Å². The minimum Gasteiger partial charge on any atom is -0.462 e. The van der Waals surface area contributed by atoms with Crippen molar-refractivity contribution in [1.82, 2.24) is 0 Å². The summed E-state index contributed by atoms with van der Waals surface area (Å²) in [6.45, 7) is 6.55. The SMILES string of the molecule is CC/C=C\C/C=C\C/C=C\C/C=C\C/C=C\CCCCCCCCCCCCCCCCCCCC(=O)OCC(COC(=O)CCCCCCCCCCC)OC(=O)CCCCCCCCCCCCCCCC. The number of carbonyl (C=O) groups excluding carboxylic acids is 3. The quantitative estimate of drug-likeness (QED) is 0.0261. The molecule has 0 aromatic heterocycles. The molecule has 74 heavy (non-hydrogen) atoms. The van der Waals surface area contributed by atoms with Crippen LogP contribution in [0, 0.1) is 0 Å². The number of allylic oxidation sites excluding steroid dienone is 10. The first kappa shape index (κ1) is 71.1. The highest BCUT2D eigenvalue weighted by Gasteiger charge is 2.19. The fraction of sp³-hybridized carbons (Fsp3) is 0.809. The van der Waals surface area contributed by atoms with Crippen LogP contribution in [0.3, 0.4) is 0 Å². The van der Waals surface area contributed by atoms with Crippen molar-refractivity contribution < 1.29 is 28.6 Å². The summed E-state index contributed by atoms with van der Waals surface area (Å²) in [7, 11) is 0. The lowest BCUT2D eigenvalue weighted by molar-refractivity contribution is -0.167. The predicted octanol–water partition coefficient (Wildman–Crippen LogP) is 21.9. The van der Waals surface area contributed by atoms with Gasteiger partial charge in [-0.1, -0.05) is 313 Å². The molecule has 0 aromatic rings. The van der Waals surface area contributed by atoms with E-state index < -0.39 is 6.10 Å². The Bertz CT molecular complexity index is 1330. The molecule has 0 spiro atoms. The number of hydrogen-bond donors (Lipinski definition) is 0. The summed E-state index contributed by atoms with van der Waals surface area (Å²) >= 11 is 0. The predicted molar refractivity (Wildman–Crippen MR) is 321 cm³/mol. The molecule has 0 aliphatic carbocycles. The van der Waals surface area contributed by atoms with E-state index >= 15 is 0 Å². The van der Waals surface area contributed by atoms with Gasteiger partial charge in [0.2, 0.25) is 0 Å². The summed E-state index contributed by atoms with van der Waals surface area (Å²) in [5.74, 6) is -0.850. The lowest BCUT2D eigenvalue weighted by atomic mass is 10.0. The Morgan fingerprint density at radius 3 is 0.824 bits per heavy atom. The Kier molecular flexibility index (Phi) is 60.2. The Labute approximate surface area is 460 Å². The van der Waals surface area contributed by atoms with Crippen molar-refractivity contribution in [2.24, 2.45) is 0 Å². The van der Waals surface area contributed by atoms with Gasteiger partial charge >= 0.3 is 17.9 Å². The molecule has 0 N–H and O–H groups in total. The average Bonchev–Trinajstić information content (AvgIpc) is 3.40. The van der Waals surface area contributed by atoms with E-state index in [-0.39, 0.29) is 31.1 Å². The minimum atomic E-state index is -0.767. The Hall–Kier alpha value is -2.89. The fourth-order valence-electron chi connectivity index (χ4n) is 9.47. The summed E-state index contributed by atoms with van der Waals surface area (Å²) < 4.78 is 16.9. The molecule has 0 saturated carbocycles. The standard InChI is InChI=1S/C68H122O6/c1-4-7-10-13-16-19-21-23-25-26-27-28-29-30-31-32-33-34-35-36-37-38-39-40-41-42-43-45-46-49-52-55-58-61-67(70)73-64-65(63-72-66(69)60-57-54-51-48-18-15-12-9-6-3)74-68(71)62-59-56-53-50-47-44-24-22-20-17-14-11-8-5-2/h7,10,16,19,23,25,27-28,30-31,65H,4-6,8-9,11-15,17-18,20-22,24,26,29,32-64H2,1-3H3/b10-7-,19-16-,25-23-,28-27-,31-30-. The molecule has 0 heterocycles. The van der Waals surface area contributed by atoms with Crippen molar-refractivity contribution in [3.63, 3.8) is 0 Å². The molecular weight excluding hydrogens is 913 g/mol. The van der Waals surface area contributed by atoms with Gasteiger partial charge in [0.15, 0.2) is 6.10 Å². The molecule has 0 fully saturated rings. The Morgan fingerprint density at radius 2 is 0.527 bits per heavy atom. The lowest BCUT2D eigenvalue weighted by Gasteiger charge is -2.18. The molecule has 1 atom stereocenters. The summed E-state index contributed by atoms with van der Waals surface area (Å²) in [5, 5.41) is 0. The van der Waals surface area contributed by atoms with Crippen LogP contribution in [0.25, 0.3) is 0 Å². The summed E-state index contributed by atoms with van der Waals surface area (Å²) in [4.78, 5) is 38.1. The lowest BCUT2D eigenvalue weighted by Crippen LogP contribution is -2.30. The highest BCUT2D eigenvalue weighted by Crippen LogP contribution is 2.17. The van der Waals surface area contributed by atoms with Crippen molar-refractivity contribution in [2.75, 3.05) is 13.2 Å². The average molecular weight is 1040 g/mol.